The molecule has 2 aliphatic heterocycles. The Bertz CT molecular complexity index is 208. The standard InChI is InChI=1S/C12H23NO3/c1-3-12(2)15-9-11(10-16-12)8-13-4-6-14-7-5-13/h11H,3-10H2,1-2H3. The van der Waals surface area contributed by atoms with Gasteiger partial charge in [0.15, 0.2) is 5.79 Å². The summed E-state index contributed by atoms with van der Waals surface area (Å²) in [6.07, 6.45) is 0.914. The van der Waals surface area contributed by atoms with Gasteiger partial charge >= 0.3 is 0 Å². The Morgan fingerprint density at radius 3 is 2.38 bits per heavy atom. The van der Waals surface area contributed by atoms with Gasteiger partial charge in [0.05, 0.1) is 26.4 Å². The van der Waals surface area contributed by atoms with Gasteiger partial charge in [-0.1, -0.05) is 6.92 Å². The van der Waals surface area contributed by atoms with Crippen LogP contribution in [0, 0.1) is 5.92 Å². The van der Waals surface area contributed by atoms with Crippen LogP contribution in [-0.4, -0.2) is 56.7 Å². The molecule has 0 aromatic rings. The van der Waals surface area contributed by atoms with Gasteiger partial charge in [0, 0.05) is 25.6 Å². The van der Waals surface area contributed by atoms with Gasteiger partial charge in [-0.25, -0.2) is 0 Å². The summed E-state index contributed by atoms with van der Waals surface area (Å²) in [6, 6.07) is 0. The second kappa shape index (κ2) is 5.45. The summed E-state index contributed by atoms with van der Waals surface area (Å²) in [4.78, 5) is 2.44. The molecule has 16 heavy (non-hydrogen) atoms. The lowest BCUT2D eigenvalue weighted by Gasteiger charge is -2.39. The van der Waals surface area contributed by atoms with Gasteiger partial charge in [-0.05, 0) is 13.3 Å². The summed E-state index contributed by atoms with van der Waals surface area (Å²) in [5, 5.41) is 0. The van der Waals surface area contributed by atoms with Gasteiger partial charge < -0.3 is 14.2 Å². The first-order chi connectivity index (χ1) is 7.72. The van der Waals surface area contributed by atoms with Crippen molar-refractivity contribution in [3.05, 3.63) is 0 Å². The summed E-state index contributed by atoms with van der Waals surface area (Å²) in [5.74, 6) is 0.166. The molecule has 2 heterocycles. The average molecular weight is 229 g/mol. The van der Waals surface area contributed by atoms with Crippen LogP contribution in [0.15, 0.2) is 0 Å². The van der Waals surface area contributed by atoms with E-state index >= 15 is 0 Å². The molecule has 0 aromatic carbocycles. The minimum absolute atomic E-state index is 0.346. The third-order valence-corrected chi connectivity index (χ3v) is 3.51. The van der Waals surface area contributed by atoms with Crippen molar-refractivity contribution in [2.45, 2.75) is 26.1 Å². The van der Waals surface area contributed by atoms with Crippen LogP contribution < -0.4 is 0 Å². The molecule has 2 fully saturated rings. The van der Waals surface area contributed by atoms with Gasteiger partial charge in [-0.3, -0.25) is 4.90 Å². The highest BCUT2D eigenvalue weighted by Crippen LogP contribution is 2.24. The van der Waals surface area contributed by atoms with Crippen molar-refractivity contribution >= 4 is 0 Å². The molecule has 0 aromatic heterocycles. The van der Waals surface area contributed by atoms with Crippen molar-refractivity contribution in [3.63, 3.8) is 0 Å². The molecule has 0 radical (unpaired) electrons. The molecule has 0 amide bonds. The molecular weight excluding hydrogens is 206 g/mol. The van der Waals surface area contributed by atoms with E-state index in [0.717, 1.165) is 52.5 Å². The Morgan fingerprint density at radius 1 is 1.19 bits per heavy atom. The van der Waals surface area contributed by atoms with E-state index in [0.29, 0.717) is 5.92 Å². The van der Waals surface area contributed by atoms with Crippen molar-refractivity contribution in [2.75, 3.05) is 46.1 Å². The molecule has 0 atom stereocenters. The first-order valence-electron chi connectivity index (χ1n) is 6.30. The summed E-state index contributed by atoms with van der Waals surface area (Å²) in [6.45, 7) is 10.7. The highest BCUT2D eigenvalue weighted by Gasteiger charge is 2.32. The quantitative estimate of drug-likeness (QED) is 0.725. The second-order valence-electron chi connectivity index (χ2n) is 4.89. The van der Waals surface area contributed by atoms with Crippen LogP contribution in [0.2, 0.25) is 0 Å². The molecule has 94 valence electrons. The fourth-order valence-corrected chi connectivity index (χ4v) is 2.14. The molecule has 0 saturated carbocycles. The zero-order valence-corrected chi connectivity index (χ0v) is 10.4. The Balaban J connectivity index is 1.72. The van der Waals surface area contributed by atoms with Crippen molar-refractivity contribution in [3.8, 4) is 0 Å². The Morgan fingerprint density at radius 2 is 1.81 bits per heavy atom. The highest BCUT2D eigenvalue weighted by atomic mass is 16.7. The minimum Gasteiger partial charge on any atom is -0.379 e. The number of ether oxygens (including phenoxy) is 3. The number of rotatable bonds is 3. The normalized spacial score (nSPS) is 37.5. The summed E-state index contributed by atoms with van der Waals surface area (Å²) in [7, 11) is 0. The van der Waals surface area contributed by atoms with Crippen molar-refractivity contribution in [2.24, 2.45) is 5.92 Å². The molecule has 0 unspecified atom stereocenters. The minimum atomic E-state index is -0.346. The van der Waals surface area contributed by atoms with Crippen LogP contribution in [-0.2, 0) is 14.2 Å². The molecule has 2 aliphatic rings. The third-order valence-electron chi connectivity index (χ3n) is 3.51. The highest BCUT2D eigenvalue weighted by molar-refractivity contribution is 4.74. The number of hydrogen-bond donors (Lipinski definition) is 0. The van der Waals surface area contributed by atoms with Crippen LogP contribution >= 0.6 is 0 Å². The van der Waals surface area contributed by atoms with Gasteiger partial charge in [-0.2, -0.15) is 0 Å². The first-order valence-corrected chi connectivity index (χ1v) is 6.30. The molecule has 0 spiro atoms. The number of hydrogen-bond acceptors (Lipinski definition) is 4. The monoisotopic (exact) mass is 229 g/mol. The van der Waals surface area contributed by atoms with E-state index in [1.54, 1.807) is 0 Å². The predicted molar refractivity (Wildman–Crippen MR) is 61.3 cm³/mol. The largest absolute Gasteiger partial charge is 0.379 e. The van der Waals surface area contributed by atoms with Crippen molar-refractivity contribution < 1.29 is 14.2 Å². The van der Waals surface area contributed by atoms with Crippen LogP contribution in [0.25, 0.3) is 0 Å². The zero-order valence-electron chi connectivity index (χ0n) is 10.4. The maximum atomic E-state index is 5.79. The fourth-order valence-electron chi connectivity index (χ4n) is 2.14. The van der Waals surface area contributed by atoms with E-state index in [1.165, 1.54) is 0 Å². The van der Waals surface area contributed by atoms with Crippen LogP contribution in [0.4, 0.5) is 0 Å². The van der Waals surface area contributed by atoms with Crippen molar-refractivity contribution in [1.82, 2.24) is 4.90 Å². The van der Waals surface area contributed by atoms with Crippen LogP contribution in [0.1, 0.15) is 20.3 Å². The summed E-state index contributed by atoms with van der Waals surface area (Å²) in [5.41, 5.74) is 0. The fraction of sp³-hybridized carbons (Fsp3) is 1.00. The average Bonchev–Trinajstić information content (AvgIpc) is 2.34. The lowest BCUT2D eigenvalue weighted by atomic mass is 10.1. The third kappa shape index (κ3) is 3.17. The zero-order chi connectivity index (χ0) is 11.4. The molecule has 0 aliphatic carbocycles. The second-order valence-corrected chi connectivity index (χ2v) is 4.89. The topological polar surface area (TPSA) is 30.9 Å². The van der Waals surface area contributed by atoms with Gasteiger partial charge in [0.2, 0.25) is 0 Å². The Hall–Kier alpha value is -0.160. The van der Waals surface area contributed by atoms with E-state index in [-0.39, 0.29) is 5.79 Å². The van der Waals surface area contributed by atoms with E-state index in [2.05, 4.69) is 11.8 Å². The van der Waals surface area contributed by atoms with Crippen molar-refractivity contribution in [1.29, 1.82) is 0 Å². The summed E-state index contributed by atoms with van der Waals surface area (Å²) >= 11 is 0. The molecular formula is C12H23NO3. The first kappa shape index (κ1) is 12.3. The van der Waals surface area contributed by atoms with E-state index < -0.39 is 0 Å². The maximum absolute atomic E-state index is 5.79. The number of morpholine rings is 1. The van der Waals surface area contributed by atoms with Crippen LogP contribution in [0.3, 0.4) is 0 Å². The smallest absolute Gasteiger partial charge is 0.165 e. The van der Waals surface area contributed by atoms with Gasteiger partial charge in [-0.15, -0.1) is 0 Å². The van der Waals surface area contributed by atoms with Gasteiger partial charge in [0.25, 0.3) is 0 Å². The SMILES string of the molecule is CCC1(C)OCC(CN2CCOCC2)CO1. The van der Waals surface area contributed by atoms with Gasteiger partial charge in [0.1, 0.15) is 0 Å². The molecule has 2 saturated heterocycles. The Kier molecular flexibility index (Phi) is 4.19. The molecule has 4 heteroatoms. The lowest BCUT2D eigenvalue weighted by Crippen LogP contribution is -2.47. The van der Waals surface area contributed by atoms with E-state index in [1.807, 2.05) is 6.92 Å². The Labute approximate surface area is 97.8 Å². The van der Waals surface area contributed by atoms with E-state index in [9.17, 15) is 0 Å². The molecule has 0 N–H and O–H groups in total. The molecule has 0 bridgehead atoms. The molecule has 4 nitrogen and oxygen atoms in total. The summed E-state index contributed by atoms with van der Waals surface area (Å²) < 4.78 is 16.9. The van der Waals surface area contributed by atoms with Crippen LogP contribution in [0.5, 0.6) is 0 Å². The van der Waals surface area contributed by atoms with E-state index in [4.69, 9.17) is 14.2 Å². The predicted octanol–water partition coefficient (Wildman–Crippen LogP) is 1.11. The maximum Gasteiger partial charge on any atom is 0.165 e. The number of nitrogens with zero attached hydrogens (tertiary/aromatic N) is 1. The lowest BCUT2D eigenvalue weighted by molar-refractivity contribution is -0.275. The molecule has 2 rings (SSSR count).